The number of halogens is 1. The Balaban J connectivity index is 2.24. The highest BCUT2D eigenvalue weighted by atomic mass is 19.1. The first-order valence-corrected chi connectivity index (χ1v) is 6.78. The lowest BCUT2D eigenvalue weighted by Gasteiger charge is -2.21. The number of aromatic nitrogens is 1. The Morgan fingerprint density at radius 2 is 2.10 bits per heavy atom. The van der Waals surface area contributed by atoms with Gasteiger partial charge in [-0.25, -0.2) is 4.39 Å². The third kappa shape index (κ3) is 3.56. The number of nitrogen functional groups attached to an aromatic ring is 1. The van der Waals surface area contributed by atoms with Crippen LogP contribution >= 0.6 is 0 Å². The van der Waals surface area contributed by atoms with Crippen LogP contribution in [-0.4, -0.2) is 22.3 Å². The van der Waals surface area contributed by atoms with Gasteiger partial charge in [0.1, 0.15) is 5.82 Å². The van der Waals surface area contributed by atoms with Gasteiger partial charge in [0.2, 0.25) is 0 Å². The molecule has 0 fully saturated rings. The number of pyridine rings is 1. The summed E-state index contributed by atoms with van der Waals surface area (Å²) in [5.41, 5.74) is 7.64. The van der Waals surface area contributed by atoms with Gasteiger partial charge in [-0.1, -0.05) is 6.07 Å². The Hall–Kier alpha value is -2.43. The van der Waals surface area contributed by atoms with Crippen LogP contribution in [0.15, 0.2) is 36.4 Å². The van der Waals surface area contributed by atoms with E-state index in [1.807, 2.05) is 32.0 Å². The summed E-state index contributed by atoms with van der Waals surface area (Å²) in [7, 11) is 0. The quantitative estimate of drug-likeness (QED) is 0.880. The average molecular weight is 287 g/mol. The van der Waals surface area contributed by atoms with E-state index in [1.54, 1.807) is 4.90 Å². The lowest BCUT2D eigenvalue weighted by atomic mass is 10.1. The van der Waals surface area contributed by atoms with Gasteiger partial charge in [0.25, 0.3) is 5.91 Å². The first-order chi connectivity index (χ1) is 10.0. The number of anilines is 1. The fourth-order valence-corrected chi connectivity index (χ4v) is 2.09. The van der Waals surface area contributed by atoms with Gasteiger partial charge in [-0.15, -0.1) is 0 Å². The molecule has 0 aliphatic heterocycles. The molecule has 21 heavy (non-hydrogen) atoms. The van der Waals surface area contributed by atoms with Crippen molar-refractivity contribution < 1.29 is 9.18 Å². The predicted molar refractivity (Wildman–Crippen MR) is 80.2 cm³/mol. The minimum Gasteiger partial charge on any atom is -0.399 e. The molecule has 0 aliphatic carbocycles. The van der Waals surface area contributed by atoms with E-state index in [9.17, 15) is 9.18 Å². The van der Waals surface area contributed by atoms with Crippen molar-refractivity contribution in [3.8, 4) is 0 Å². The second kappa shape index (κ2) is 6.35. The standard InChI is InChI=1S/C16H18FN3O/c1-3-20(10-13-6-4-5-11(2)19-13)16(21)14-9-12(18)7-8-15(14)17/h4-9H,3,10,18H2,1-2H3. The summed E-state index contributed by atoms with van der Waals surface area (Å²) in [6.45, 7) is 4.53. The number of aryl methyl sites for hydroxylation is 1. The highest BCUT2D eigenvalue weighted by Crippen LogP contribution is 2.16. The smallest absolute Gasteiger partial charge is 0.257 e. The van der Waals surface area contributed by atoms with Crippen LogP contribution in [0.3, 0.4) is 0 Å². The second-order valence-electron chi connectivity index (χ2n) is 4.83. The highest BCUT2D eigenvalue weighted by molar-refractivity contribution is 5.95. The molecule has 2 aromatic rings. The first-order valence-electron chi connectivity index (χ1n) is 6.78. The van der Waals surface area contributed by atoms with Crippen molar-refractivity contribution in [3.05, 3.63) is 59.2 Å². The van der Waals surface area contributed by atoms with Crippen LogP contribution in [0.25, 0.3) is 0 Å². The lowest BCUT2D eigenvalue weighted by Crippen LogP contribution is -2.31. The van der Waals surface area contributed by atoms with E-state index in [4.69, 9.17) is 5.73 Å². The number of carbonyl (C=O) groups excluding carboxylic acids is 1. The number of carbonyl (C=O) groups is 1. The fourth-order valence-electron chi connectivity index (χ4n) is 2.09. The Morgan fingerprint density at radius 3 is 2.76 bits per heavy atom. The topological polar surface area (TPSA) is 59.2 Å². The Morgan fingerprint density at radius 1 is 1.33 bits per heavy atom. The molecule has 110 valence electrons. The molecule has 1 aromatic heterocycles. The molecule has 0 spiro atoms. The number of nitrogens with two attached hydrogens (primary N) is 1. The molecular weight excluding hydrogens is 269 g/mol. The fraction of sp³-hybridized carbons (Fsp3) is 0.250. The van der Waals surface area contributed by atoms with Crippen LogP contribution in [0.5, 0.6) is 0 Å². The maximum atomic E-state index is 13.8. The summed E-state index contributed by atoms with van der Waals surface area (Å²) >= 11 is 0. The predicted octanol–water partition coefficient (Wildman–Crippen LogP) is 2.77. The van der Waals surface area contributed by atoms with Gasteiger partial charge in [0.15, 0.2) is 0 Å². The number of hydrogen-bond donors (Lipinski definition) is 1. The first kappa shape index (κ1) is 15.0. The van der Waals surface area contributed by atoms with Crippen LogP contribution in [0.1, 0.15) is 28.7 Å². The molecular formula is C16H18FN3O. The van der Waals surface area contributed by atoms with Crippen molar-refractivity contribution in [1.82, 2.24) is 9.88 Å². The zero-order valence-corrected chi connectivity index (χ0v) is 12.1. The molecule has 0 saturated heterocycles. The van der Waals surface area contributed by atoms with Gasteiger partial charge < -0.3 is 10.6 Å². The average Bonchev–Trinajstić information content (AvgIpc) is 2.46. The van der Waals surface area contributed by atoms with E-state index < -0.39 is 5.82 Å². The van der Waals surface area contributed by atoms with E-state index in [1.165, 1.54) is 18.2 Å². The lowest BCUT2D eigenvalue weighted by molar-refractivity contribution is 0.0746. The summed E-state index contributed by atoms with van der Waals surface area (Å²) in [6, 6.07) is 9.63. The van der Waals surface area contributed by atoms with Gasteiger partial charge in [-0.2, -0.15) is 0 Å². The molecule has 1 aromatic carbocycles. The van der Waals surface area contributed by atoms with E-state index >= 15 is 0 Å². The normalized spacial score (nSPS) is 10.4. The zero-order valence-electron chi connectivity index (χ0n) is 12.1. The van der Waals surface area contributed by atoms with Crippen molar-refractivity contribution in [3.63, 3.8) is 0 Å². The van der Waals surface area contributed by atoms with Gasteiger partial charge >= 0.3 is 0 Å². The number of hydrogen-bond acceptors (Lipinski definition) is 3. The highest BCUT2D eigenvalue weighted by Gasteiger charge is 2.19. The monoisotopic (exact) mass is 287 g/mol. The zero-order chi connectivity index (χ0) is 15.4. The number of nitrogens with zero attached hydrogens (tertiary/aromatic N) is 2. The number of rotatable bonds is 4. The van der Waals surface area contributed by atoms with Crippen molar-refractivity contribution in [1.29, 1.82) is 0 Å². The molecule has 5 heteroatoms. The molecule has 0 radical (unpaired) electrons. The van der Waals surface area contributed by atoms with Crippen molar-refractivity contribution >= 4 is 11.6 Å². The molecule has 0 atom stereocenters. The third-order valence-corrected chi connectivity index (χ3v) is 3.19. The van der Waals surface area contributed by atoms with Crippen LogP contribution in [0.2, 0.25) is 0 Å². The molecule has 2 N–H and O–H groups in total. The minimum absolute atomic E-state index is 0.00972. The van der Waals surface area contributed by atoms with Crippen LogP contribution in [0, 0.1) is 12.7 Å². The molecule has 1 heterocycles. The largest absolute Gasteiger partial charge is 0.399 e. The van der Waals surface area contributed by atoms with Gasteiger partial charge in [0, 0.05) is 17.9 Å². The van der Waals surface area contributed by atoms with Crippen molar-refractivity contribution in [2.75, 3.05) is 12.3 Å². The SMILES string of the molecule is CCN(Cc1cccc(C)n1)C(=O)c1cc(N)ccc1F. The van der Waals surface area contributed by atoms with Gasteiger partial charge in [0.05, 0.1) is 17.8 Å². The van der Waals surface area contributed by atoms with Gasteiger partial charge in [-0.3, -0.25) is 9.78 Å². The van der Waals surface area contributed by atoms with E-state index in [-0.39, 0.29) is 11.5 Å². The van der Waals surface area contributed by atoms with E-state index in [0.29, 0.717) is 18.8 Å². The Labute approximate surface area is 123 Å². The van der Waals surface area contributed by atoms with E-state index in [0.717, 1.165) is 11.4 Å². The number of amides is 1. The second-order valence-corrected chi connectivity index (χ2v) is 4.83. The van der Waals surface area contributed by atoms with Crippen LogP contribution < -0.4 is 5.73 Å². The number of benzene rings is 1. The summed E-state index contributed by atoms with van der Waals surface area (Å²) in [5.74, 6) is -0.949. The Kier molecular flexibility index (Phi) is 4.52. The summed E-state index contributed by atoms with van der Waals surface area (Å²) in [4.78, 5) is 18.3. The molecule has 0 saturated carbocycles. The third-order valence-electron chi connectivity index (χ3n) is 3.19. The Bertz CT molecular complexity index is 658. The van der Waals surface area contributed by atoms with Crippen LogP contribution in [0.4, 0.5) is 10.1 Å². The maximum Gasteiger partial charge on any atom is 0.257 e. The summed E-state index contributed by atoms with van der Waals surface area (Å²) < 4.78 is 13.8. The van der Waals surface area contributed by atoms with E-state index in [2.05, 4.69) is 4.98 Å². The molecule has 1 amide bonds. The van der Waals surface area contributed by atoms with Gasteiger partial charge in [-0.05, 0) is 44.2 Å². The summed E-state index contributed by atoms with van der Waals surface area (Å²) in [6.07, 6.45) is 0. The summed E-state index contributed by atoms with van der Waals surface area (Å²) in [5, 5.41) is 0. The molecule has 4 nitrogen and oxygen atoms in total. The molecule has 0 unspecified atom stereocenters. The minimum atomic E-state index is -0.565. The molecule has 0 bridgehead atoms. The molecule has 2 rings (SSSR count). The van der Waals surface area contributed by atoms with Crippen LogP contribution in [-0.2, 0) is 6.54 Å². The molecule has 0 aliphatic rings. The maximum absolute atomic E-state index is 13.8. The van der Waals surface area contributed by atoms with Crippen molar-refractivity contribution in [2.24, 2.45) is 0 Å². The van der Waals surface area contributed by atoms with Crippen molar-refractivity contribution in [2.45, 2.75) is 20.4 Å².